The zero-order valence-electron chi connectivity index (χ0n) is 12.7. The Morgan fingerprint density at radius 1 is 1.52 bits per heavy atom. The number of carbonyl (C=O) groups excluding carboxylic acids is 1. The van der Waals surface area contributed by atoms with Gasteiger partial charge in [0.05, 0.1) is 10.6 Å². The molecule has 1 aliphatic rings. The summed E-state index contributed by atoms with van der Waals surface area (Å²) in [4.78, 5) is 14.4. The molecule has 0 bridgehead atoms. The Bertz CT molecular complexity index is 533. The first-order valence-electron chi connectivity index (χ1n) is 7.27. The zero-order chi connectivity index (χ0) is 15.6. The van der Waals surface area contributed by atoms with Gasteiger partial charge in [0.25, 0.3) is 0 Å². The third-order valence-corrected chi connectivity index (χ3v) is 4.46. The van der Waals surface area contributed by atoms with Crippen LogP contribution in [0, 0.1) is 5.82 Å². The van der Waals surface area contributed by atoms with E-state index in [1.54, 1.807) is 26.0 Å². The van der Waals surface area contributed by atoms with Crippen LogP contribution in [0.5, 0.6) is 0 Å². The quantitative estimate of drug-likeness (QED) is 0.925. The molecule has 0 aliphatic carbocycles. The molecule has 1 aliphatic heterocycles. The van der Waals surface area contributed by atoms with E-state index < -0.39 is 11.4 Å². The molecule has 2 rings (SSSR count). The first kappa shape index (κ1) is 16.2. The fourth-order valence-corrected chi connectivity index (χ4v) is 3.08. The van der Waals surface area contributed by atoms with Crippen molar-refractivity contribution >= 4 is 17.5 Å². The summed E-state index contributed by atoms with van der Waals surface area (Å²) in [7, 11) is 2.03. The maximum absolute atomic E-state index is 14.1. The monoisotopic (exact) mass is 312 g/mol. The third kappa shape index (κ3) is 3.74. The van der Waals surface area contributed by atoms with E-state index >= 15 is 0 Å². The molecule has 1 N–H and O–H groups in total. The molecule has 21 heavy (non-hydrogen) atoms. The Balaban J connectivity index is 2.06. The largest absolute Gasteiger partial charge is 0.347 e. The van der Waals surface area contributed by atoms with Gasteiger partial charge in [0.2, 0.25) is 5.91 Å². The predicted octanol–water partition coefficient (Wildman–Crippen LogP) is 3.31. The minimum absolute atomic E-state index is 0.0573. The SMILES string of the molecule is CN1CCCC1CC(=O)NC(C)(C)c1cccc(Cl)c1F. The van der Waals surface area contributed by atoms with Gasteiger partial charge in [-0.25, -0.2) is 4.39 Å². The summed E-state index contributed by atoms with van der Waals surface area (Å²) in [5, 5.41) is 3.00. The molecule has 1 saturated heterocycles. The molecule has 0 radical (unpaired) electrons. The second-order valence-corrected chi connectivity index (χ2v) is 6.66. The lowest BCUT2D eigenvalue weighted by Crippen LogP contribution is -2.43. The number of hydrogen-bond donors (Lipinski definition) is 1. The highest BCUT2D eigenvalue weighted by molar-refractivity contribution is 6.30. The standard InChI is InChI=1S/C16H22ClFN2O/c1-16(2,12-7-4-8-13(17)15(12)18)19-14(21)10-11-6-5-9-20(11)3/h4,7-8,11H,5-6,9-10H2,1-3H3,(H,19,21). The number of likely N-dealkylation sites (tertiary alicyclic amines) is 1. The molecule has 1 aromatic rings. The molecule has 0 spiro atoms. The smallest absolute Gasteiger partial charge is 0.222 e. The molecule has 1 heterocycles. The first-order chi connectivity index (χ1) is 9.81. The highest BCUT2D eigenvalue weighted by atomic mass is 35.5. The number of halogens is 2. The lowest BCUT2D eigenvalue weighted by molar-refractivity contribution is -0.123. The molecular formula is C16H22ClFN2O. The van der Waals surface area contributed by atoms with Crippen molar-refractivity contribution in [2.24, 2.45) is 0 Å². The van der Waals surface area contributed by atoms with Crippen molar-refractivity contribution in [3.63, 3.8) is 0 Å². The fraction of sp³-hybridized carbons (Fsp3) is 0.562. The van der Waals surface area contributed by atoms with Gasteiger partial charge in [0.15, 0.2) is 0 Å². The normalized spacial score (nSPS) is 19.8. The maximum Gasteiger partial charge on any atom is 0.222 e. The van der Waals surface area contributed by atoms with Crippen molar-refractivity contribution in [1.82, 2.24) is 10.2 Å². The number of rotatable bonds is 4. The summed E-state index contributed by atoms with van der Waals surface area (Å²) in [6.07, 6.45) is 2.61. The number of hydrogen-bond acceptors (Lipinski definition) is 2. The minimum atomic E-state index is -0.788. The Labute approximate surface area is 130 Å². The van der Waals surface area contributed by atoms with Gasteiger partial charge in [-0.2, -0.15) is 0 Å². The van der Waals surface area contributed by atoms with Crippen molar-refractivity contribution in [1.29, 1.82) is 0 Å². The highest BCUT2D eigenvalue weighted by Gasteiger charge is 2.29. The van der Waals surface area contributed by atoms with E-state index in [0.29, 0.717) is 12.0 Å². The second-order valence-electron chi connectivity index (χ2n) is 6.26. The lowest BCUT2D eigenvalue weighted by atomic mass is 9.93. The van der Waals surface area contributed by atoms with Gasteiger partial charge in [-0.3, -0.25) is 4.79 Å². The summed E-state index contributed by atoms with van der Waals surface area (Å²) < 4.78 is 14.1. The van der Waals surface area contributed by atoms with Crippen LogP contribution in [0.25, 0.3) is 0 Å². The molecule has 0 aromatic heterocycles. The van der Waals surface area contributed by atoms with Crippen molar-refractivity contribution in [3.8, 4) is 0 Å². The number of amides is 1. The van der Waals surface area contributed by atoms with Crippen molar-refractivity contribution in [3.05, 3.63) is 34.6 Å². The molecule has 1 fully saturated rings. The van der Waals surface area contributed by atoms with E-state index in [0.717, 1.165) is 19.4 Å². The van der Waals surface area contributed by atoms with E-state index in [9.17, 15) is 9.18 Å². The molecule has 1 aromatic carbocycles. The van der Waals surface area contributed by atoms with Gasteiger partial charge in [0.1, 0.15) is 5.82 Å². The fourth-order valence-electron chi connectivity index (χ4n) is 2.90. The Hall–Kier alpha value is -1.13. The van der Waals surface area contributed by atoms with Crippen LogP contribution < -0.4 is 5.32 Å². The molecule has 1 unspecified atom stereocenters. The van der Waals surface area contributed by atoms with Gasteiger partial charge in [0, 0.05) is 18.0 Å². The average molecular weight is 313 g/mol. The van der Waals surface area contributed by atoms with Crippen molar-refractivity contribution in [2.45, 2.75) is 44.7 Å². The Kier molecular flexibility index (Phi) is 4.89. The van der Waals surface area contributed by atoms with Crippen LogP contribution in [0.4, 0.5) is 4.39 Å². The van der Waals surface area contributed by atoms with Gasteiger partial charge >= 0.3 is 0 Å². The molecule has 0 saturated carbocycles. The van der Waals surface area contributed by atoms with E-state index in [1.807, 2.05) is 7.05 Å². The van der Waals surface area contributed by atoms with Crippen LogP contribution in [0.2, 0.25) is 5.02 Å². The summed E-state index contributed by atoms with van der Waals surface area (Å²) >= 11 is 5.82. The zero-order valence-corrected chi connectivity index (χ0v) is 13.5. The molecule has 3 nitrogen and oxygen atoms in total. The lowest BCUT2D eigenvalue weighted by Gasteiger charge is -2.29. The van der Waals surface area contributed by atoms with Crippen LogP contribution >= 0.6 is 11.6 Å². The summed E-state index contributed by atoms with van der Waals surface area (Å²) in [5.74, 6) is -0.527. The minimum Gasteiger partial charge on any atom is -0.347 e. The van der Waals surface area contributed by atoms with E-state index in [2.05, 4.69) is 10.2 Å². The van der Waals surface area contributed by atoms with Crippen molar-refractivity contribution < 1.29 is 9.18 Å². The topological polar surface area (TPSA) is 32.3 Å². The van der Waals surface area contributed by atoms with Gasteiger partial charge in [-0.15, -0.1) is 0 Å². The first-order valence-corrected chi connectivity index (χ1v) is 7.65. The summed E-state index contributed by atoms with van der Waals surface area (Å²) in [6, 6.07) is 5.14. The van der Waals surface area contributed by atoms with Gasteiger partial charge < -0.3 is 10.2 Å². The van der Waals surface area contributed by atoms with Crippen LogP contribution in [0.3, 0.4) is 0 Å². The van der Waals surface area contributed by atoms with Crippen LogP contribution in [0.15, 0.2) is 18.2 Å². The molecule has 5 heteroatoms. The molecule has 1 amide bonds. The number of nitrogens with zero attached hydrogens (tertiary/aromatic N) is 1. The van der Waals surface area contributed by atoms with E-state index in [-0.39, 0.29) is 17.0 Å². The number of nitrogens with one attached hydrogen (secondary N) is 1. The van der Waals surface area contributed by atoms with E-state index in [4.69, 9.17) is 11.6 Å². The average Bonchev–Trinajstić information content (AvgIpc) is 2.77. The molecular weight excluding hydrogens is 291 g/mol. The van der Waals surface area contributed by atoms with Gasteiger partial charge in [-0.1, -0.05) is 23.7 Å². The predicted molar refractivity (Wildman–Crippen MR) is 82.8 cm³/mol. The van der Waals surface area contributed by atoms with Crippen LogP contribution in [0.1, 0.15) is 38.7 Å². The molecule has 1 atom stereocenters. The summed E-state index contributed by atoms with van der Waals surface area (Å²) in [5.41, 5.74) is -0.383. The molecule has 116 valence electrons. The van der Waals surface area contributed by atoms with Gasteiger partial charge in [-0.05, 0) is 46.3 Å². The number of carbonyl (C=O) groups is 1. The maximum atomic E-state index is 14.1. The second kappa shape index (κ2) is 6.32. The highest BCUT2D eigenvalue weighted by Crippen LogP contribution is 2.28. The summed E-state index contributed by atoms with van der Waals surface area (Å²) in [6.45, 7) is 4.61. The number of benzene rings is 1. The van der Waals surface area contributed by atoms with Crippen molar-refractivity contribution in [2.75, 3.05) is 13.6 Å². The Morgan fingerprint density at radius 3 is 2.86 bits per heavy atom. The Morgan fingerprint density at radius 2 is 2.24 bits per heavy atom. The van der Waals surface area contributed by atoms with Crippen LogP contribution in [-0.2, 0) is 10.3 Å². The third-order valence-electron chi connectivity index (χ3n) is 4.17. The van der Waals surface area contributed by atoms with E-state index in [1.165, 1.54) is 6.07 Å². The van der Waals surface area contributed by atoms with Crippen LogP contribution in [-0.4, -0.2) is 30.4 Å².